The Bertz CT molecular complexity index is 686. The van der Waals surface area contributed by atoms with Gasteiger partial charge in [0, 0.05) is 18.7 Å². The number of hydrogen-bond acceptors (Lipinski definition) is 2. The molecule has 0 aliphatic rings. The highest BCUT2D eigenvalue weighted by Gasteiger charge is 2.30. The molecule has 0 aromatic heterocycles. The Morgan fingerprint density at radius 2 is 1.78 bits per heavy atom. The van der Waals surface area contributed by atoms with Gasteiger partial charge in [0.05, 0.1) is 11.3 Å². The van der Waals surface area contributed by atoms with E-state index in [1.807, 2.05) is 0 Å². The van der Waals surface area contributed by atoms with Gasteiger partial charge < -0.3 is 10.6 Å². The molecule has 0 radical (unpaired) electrons. The summed E-state index contributed by atoms with van der Waals surface area (Å²) in [5.74, 6) is -0.985. The van der Waals surface area contributed by atoms with E-state index >= 15 is 0 Å². The molecule has 0 aliphatic carbocycles. The third kappa shape index (κ3) is 4.98. The average molecular weight is 326 g/mol. The number of para-hydroxylation sites is 1. The van der Waals surface area contributed by atoms with Crippen molar-refractivity contribution in [3.63, 3.8) is 0 Å². The van der Waals surface area contributed by atoms with Crippen LogP contribution < -0.4 is 10.6 Å². The first kappa shape index (κ1) is 16.8. The van der Waals surface area contributed by atoms with Gasteiger partial charge in [0.2, 0.25) is 5.91 Å². The maximum Gasteiger partial charge on any atom is 0.416 e. The van der Waals surface area contributed by atoms with Gasteiger partial charge in [-0.3, -0.25) is 4.79 Å². The molecule has 2 aromatic carbocycles. The Labute approximate surface area is 130 Å². The molecule has 3 nitrogen and oxygen atoms in total. The lowest BCUT2D eigenvalue weighted by Gasteiger charge is -2.11. The largest absolute Gasteiger partial charge is 0.416 e. The number of hydrogen-bond donors (Lipinski definition) is 2. The third-order valence-corrected chi connectivity index (χ3v) is 3.02. The molecule has 2 N–H and O–H groups in total. The minimum atomic E-state index is -4.42. The van der Waals surface area contributed by atoms with E-state index in [4.69, 9.17) is 0 Å². The molecule has 0 saturated heterocycles. The summed E-state index contributed by atoms with van der Waals surface area (Å²) in [5.41, 5.74) is -0.437. The number of amides is 1. The van der Waals surface area contributed by atoms with E-state index in [0.29, 0.717) is 0 Å². The molecule has 2 aromatic rings. The van der Waals surface area contributed by atoms with E-state index in [9.17, 15) is 22.4 Å². The molecule has 0 fully saturated rings. The second-order valence-corrected chi connectivity index (χ2v) is 4.78. The molecule has 23 heavy (non-hydrogen) atoms. The predicted molar refractivity (Wildman–Crippen MR) is 79.6 cm³/mol. The summed E-state index contributed by atoms with van der Waals surface area (Å²) in [6.07, 6.45) is -4.43. The van der Waals surface area contributed by atoms with E-state index in [-0.39, 0.29) is 24.3 Å². The van der Waals surface area contributed by atoms with Crippen LogP contribution >= 0.6 is 0 Å². The Morgan fingerprint density at radius 3 is 2.48 bits per heavy atom. The highest BCUT2D eigenvalue weighted by molar-refractivity contribution is 5.91. The quantitative estimate of drug-likeness (QED) is 0.805. The number of alkyl halides is 3. The second-order valence-electron chi connectivity index (χ2n) is 4.78. The summed E-state index contributed by atoms with van der Waals surface area (Å²) in [4.78, 5) is 11.7. The second kappa shape index (κ2) is 7.13. The fraction of sp³-hybridized carbons (Fsp3) is 0.188. The number of carbonyl (C=O) groups is 1. The van der Waals surface area contributed by atoms with Crippen molar-refractivity contribution in [1.29, 1.82) is 0 Å². The minimum absolute atomic E-state index is 0.00935. The van der Waals surface area contributed by atoms with Crippen LogP contribution in [-0.2, 0) is 11.0 Å². The van der Waals surface area contributed by atoms with Crippen molar-refractivity contribution in [3.8, 4) is 0 Å². The Balaban J connectivity index is 1.85. The van der Waals surface area contributed by atoms with Crippen molar-refractivity contribution in [2.75, 3.05) is 17.2 Å². The van der Waals surface area contributed by atoms with Crippen LogP contribution in [0.3, 0.4) is 0 Å². The molecule has 0 bridgehead atoms. The van der Waals surface area contributed by atoms with Gasteiger partial charge in [-0.15, -0.1) is 0 Å². The standard InChI is InChI=1S/C16H14F4N2O/c17-13-6-1-2-7-14(13)22-15(23)8-9-21-12-5-3-4-11(10-12)16(18,19)20/h1-7,10,21H,8-9H2,(H,22,23). The smallest absolute Gasteiger partial charge is 0.385 e. The summed E-state index contributed by atoms with van der Waals surface area (Å²) < 4.78 is 51.1. The van der Waals surface area contributed by atoms with Crippen molar-refractivity contribution < 1.29 is 22.4 Å². The van der Waals surface area contributed by atoms with E-state index in [1.165, 1.54) is 30.3 Å². The zero-order chi connectivity index (χ0) is 16.9. The molecule has 0 aliphatic heterocycles. The zero-order valence-electron chi connectivity index (χ0n) is 12.0. The first-order chi connectivity index (χ1) is 10.9. The molecule has 0 saturated carbocycles. The SMILES string of the molecule is O=C(CCNc1cccc(C(F)(F)F)c1)Nc1ccccc1F. The van der Waals surface area contributed by atoms with Crippen LogP contribution in [-0.4, -0.2) is 12.5 Å². The van der Waals surface area contributed by atoms with Gasteiger partial charge in [-0.25, -0.2) is 4.39 Å². The molecular weight excluding hydrogens is 312 g/mol. The van der Waals surface area contributed by atoms with Crippen molar-refractivity contribution in [2.45, 2.75) is 12.6 Å². The van der Waals surface area contributed by atoms with Crippen LogP contribution in [0, 0.1) is 5.82 Å². The molecule has 0 atom stereocenters. The van der Waals surface area contributed by atoms with Crippen molar-refractivity contribution in [3.05, 3.63) is 59.9 Å². The Hall–Kier alpha value is -2.57. The van der Waals surface area contributed by atoms with Crippen LogP contribution in [0.5, 0.6) is 0 Å². The molecule has 0 spiro atoms. The highest BCUT2D eigenvalue weighted by atomic mass is 19.4. The topological polar surface area (TPSA) is 41.1 Å². The van der Waals surface area contributed by atoms with Gasteiger partial charge in [0.1, 0.15) is 5.82 Å². The maximum absolute atomic E-state index is 13.4. The lowest BCUT2D eigenvalue weighted by atomic mass is 10.2. The number of anilines is 2. The van der Waals surface area contributed by atoms with Crippen molar-refractivity contribution in [2.24, 2.45) is 0 Å². The molecule has 0 unspecified atom stereocenters. The lowest BCUT2D eigenvalue weighted by molar-refractivity contribution is -0.137. The van der Waals surface area contributed by atoms with Crippen LogP contribution in [0.4, 0.5) is 28.9 Å². The lowest BCUT2D eigenvalue weighted by Crippen LogP contribution is -2.17. The number of nitrogens with one attached hydrogen (secondary N) is 2. The monoisotopic (exact) mass is 326 g/mol. The Morgan fingerprint density at radius 1 is 1.04 bits per heavy atom. The van der Waals surface area contributed by atoms with Crippen LogP contribution in [0.2, 0.25) is 0 Å². The van der Waals surface area contributed by atoms with E-state index < -0.39 is 23.5 Å². The van der Waals surface area contributed by atoms with Gasteiger partial charge in [-0.2, -0.15) is 13.2 Å². The van der Waals surface area contributed by atoms with Gasteiger partial charge >= 0.3 is 6.18 Å². The van der Waals surface area contributed by atoms with E-state index in [1.54, 1.807) is 6.07 Å². The minimum Gasteiger partial charge on any atom is -0.385 e. The summed E-state index contributed by atoms with van der Waals surface area (Å²) in [7, 11) is 0. The molecule has 0 heterocycles. The Kier molecular flexibility index (Phi) is 5.20. The molecule has 2 rings (SSSR count). The molecular formula is C16H14F4N2O. The van der Waals surface area contributed by atoms with Crippen molar-refractivity contribution in [1.82, 2.24) is 0 Å². The number of rotatable bonds is 5. The summed E-state index contributed by atoms with van der Waals surface area (Å²) in [5, 5.41) is 5.13. The number of halogens is 4. The highest BCUT2D eigenvalue weighted by Crippen LogP contribution is 2.30. The number of benzene rings is 2. The van der Waals surface area contributed by atoms with Crippen molar-refractivity contribution >= 4 is 17.3 Å². The van der Waals surface area contributed by atoms with E-state index in [0.717, 1.165) is 12.1 Å². The molecule has 122 valence electrons. The van der Waals surface area contributed by atoms with E-state index in [2.05, 4.69) is 10.6 Å². The summed E-state index contributed by atoms with van der Waals surface area (Å²) >= 11 is 0. The average Bonchev–Trinajstić information content (AvgIpc) is 2.49. The fourth-order valence-corrected chi connectivity index (χ4v) is 1.90. The first-order valence-corrected chi connectivity index (χ1v) is 6.82. The van der Waals surface area contributed by atoms with Gasteiger partial charge in [-0.05, 0) is 30.3 Å². The third-order valence-electron chi connectivity index (χ3n) is 3.02. The predicted octanol–water partition coefficient (Wildman–Crippen LogP) is 4.29. The number of carbonyl (C=O) groups excluding carboxylic acids is 1. The molecule has 7 heteroatoms. The van der Waals surface area contributed by atoms with Gasteiger partial charge in [0.15, 0.2) is 0 Å². The van der Waals surface area contributed by atoms with Crippen LogP contribution in [0.15, 0.2) is 48.5 Å². The van der Waals surface area contributed by atoms with Crippen LogP contribution in [0.1, 0.15) is 12.0 Å². The first-order valence-electron chi connectivity index (χ1n) is 6.82. The summed E-state index contributed by atoms with van der Waals surface area (Å²) in [6.45, 7) is 0.127. The zero-order valence-corrected chi connectivity index (χ0v) is 12.0. The molecule has 1 amide bonds. The summed E-state index contributed by atoms with van der Waals surface area (Å²) in [6, 6.07) is 10.4. The normalized spacial score (nSPS) is 11.1. The fourth-order valence-electron chi connectivity index (χ4n) is 1.90. The maximum atomic E-state index is 13.4. The van der Waals surface area contributed by atoms with Gasteiger partial charge in [-0.1, -0.05) is 18.2 Å². The van der Waals surface area contributed by atoms with Gasteiger partial charge in [0.25, 0.3) is 0 Å². The van der Waals surface area contributed by atoms with Crippen LogP contribution in [0.25, 0.3) is 0 Å².